The summed E-state index contributed by atoms with van der Waals surface area (Å²) in [7, 11) is -2.26. The van der Waals surface area contributed by atoms with Crippen molar-refractivity contribution in [1.29, 1.82) is 0 Å². The molecule has 4 N–H and O–H groups in total. The van der Waals surface area contributed by atoms with Gasteiger partial charge in [-0.25, -0.2) is 14.0 Å². The quantitative estimate of drug-likeness (QED) is 0.594. The molecule has 11 heteroatoms. The van der Waals surface area contributed by atoms with Crippen molar-refractivity contribution >= 4 is 33.4 Å². The number of anilines is 1. The second-order valence-corrected chi connectivity index (χ2v) is 10.2. The highest BCUT2D eigenvalue weighted by atomic mass is 32.2. The van der Waals surface area contributed by atoms with E-state index in [1.54, 1.807) is 0 Å². The Kier molecular flexibility index (Phi) is 6.71. The molecule has 0 saturated carbocycles. The lowest BCUT2D eigenvalue weighted by Crippen LogP contribution is -2.37. The van der Waals surface area contributed by atoms with Crippen LogP contribution < -0.4 is 15.8 Å². The number of aliphatic imine (C=N–C) groups is 1. The van der Waals surface area contributed by atoms with Gasteiger partial charge in [-0.1, -0.05) is 6.07 Å². The van der Waals surface area contributed by atoms with Gasteiger partial charge in [0.05, 0.1) is 6.54 Å². The molecule has 1 aromatic carbocycles. The SMILES string of the molecule is CO[C@H]1CN=C(/C(=C\N)S(=O)(=NC(=O)Nc2c3c(cc4c2CCC4)CCC3)NC(C)=O)OC1. The number of nitrogens with two attached hydrogens (primary N) is 1. The van der Waals surface area contributed by atoms with Crippen LogP contribution in [-0.4, -0.2) is 48.4 Å². The molecule has 3 amide bonds. The number of fused-ring (bicyclic) bond motifs is 2. The average molecular weight is 476 g/mol. The van der Waals surface area contributed by atoms with Crippen LogP contribution in [0.1, 0.15) is 42.0 Å². The van der Waals surface area contributed by atoms with E-state index < -0.39 is 21.9 Å². The molecule has 2 aliphatic carbocycles. The number of benzene rings is 1. The minimum atomic E-state index is -3.80. The monoisotopic (exact) mass is 475 g/mol. The van der Waals surface area contributed by atoms with E-state index in [4.69, 9.17) is 15.2 Å². The fourth-order valence-corrected chi connectivity index (χ4v) is 6.03. The van der Waals surface area contributed by atoms with Gasteiger partial charge in [0, 0.05) is 25.9 Å². The predicted octanol–water partition coefficient (Wildman–Crippen LogP) is 1.96. The first-order valence-corrected chi connectivity index (χ1v) is 12.5. The molecule has 10 nitrogen and oxygen atoms in total. The number of nitrogens with one attached hydrogen (secondary N) is 2. The van der Waals surface area contributed by atoms with Gasteiger partial charge in [0.25, 0.3) is 0 Å². The van der Waals surface area contributed by atoms with Crippen molar-refractivity contribution in [2.75, 3.05) is 25.6 Å². The molecule has 0 spiro atoms. The van der Waals surface area contributed by atoms with Crippen LogP contribution >= 0.6 is 0 Å². The lowest BCUT2D eigenvalue weighted by atomic mass is 9.99. The number of amides is 3. The topological polar surface area (TPSA) is 144 Å². The third-order valence-electron chi connectivity index (χ3n) is 6.04. The van der Waals surface area contributed by atoms with E-state index in [9.17, 15) is 13.8 Å². The van der Waals surface area contributed by atoms with E-state index in [1.807, 2.05) is 0 Å². The van der Waals surface area contributed by atoms with Crippen LogP contribution in [0.3, 0.4) is 0 Å². The maximum absolute atomic E-state index is 13.7. The minimum Gasteiger partial charge on any atom is -0.474 e. The molecule has 2 atom stereocenters. The van der Waals surface area contributed by atoms with Crippen LogP contribution in [0.25, 0.3) is 0 Å². The Hall–Kier alpha value is -2.92. The summed E-state index contributed by atoms with van der Waals surface area (Å²) in [4.78, 5) is 28.9. The number of aryl methyl sites for hydroxylation is 2. The van der Waals surface area contributed by atoms with Crippen LogP contribution in [0.15, 0.2) is 26.5 Å². The van der Waals surface area contributed by atoms with Crippen LogP contribution in [0.5, 0.6) is 0 Å². The van der Waals surface area contributed by atoms with Crippen molar-refractivity contribution in [3.05, 3.63) is 39.4 Å². The number of hydrogen-bond acceptors (Lipinski definition) is 7. The summed E-state index contributed by atoms with van der Waals surface area (Å²) in [5.74, 6) is -0.675. The van der Waals surface area contributed by atoms with Crippen molar-refractivity contribution in [3.8, 4) is 0 Å². The zero-order valence-electron chi connectivity index (χ0n) is 18.8. The molecule has 33 heavy (non-hydrogen) atoms. The van der Waals surface area contributed by atoms with Gasteiger partial charge in [-0.3, -0.25) is 9.52 Å². The minimum absolute atomic E-state index is 0.0393. The number of carbonyl (C=O) groups excluding carboxylic acids is 2. The van der Waals surface area contributed by atoms with Crippen LogP contribution in [-0.2, 0) is 49.9 Å². The molecule has 1 heterocycles. The molecule has 0 radical (unpaired) electrons. The maximum Gasteiger partial charge on any atom is 0.355 e. The molecule has 0 fully saturated rings. The molecule has 1 unspecified atom stereocenters. The Bertz CT molecular complexity index is 1130. The zero-order valence-corrected chi connectivity index (χ0v) is 19.6. The van der Waals surface area contributed by atoms with Gasteiger partial charge in [-0.05, 0) is 60.8 Å². The molecule has 0 aromatic heterocycles. The standard InChI is InChI=1S/C22H29N5O5S/c1-13(28)26-33(30,19(10-23)21-24-11-16(31-2)12-32-21)27-22(29)25-20-17-7-3-5-14(17)9-15-6-4-8-18(15)20/h9-10,16H,3-8,11-12,23H2,1-2H3,(H2,25,26,27,28,29,30)/b19-10+/t16-,33?/m0/s1. The summed E-state index contributed by atoms with van der Waals surface area (Å²) in [6, 6.07) is 1.42. The third kappa shape index (κ3) is 4.74. The highest BCUT2D eigenvalue weighted by Gasteiger charge is 2.30. The second kappa shape index (κ2) is 9.52. The lowest BCUT2D eigenvalue weighted by molar-refractivity contribution is -0.117. The summed E-state index contributed by atoms with van der Waals surface area (Å²) >= 11 is 0. The van der Waals surface area contributed by atoms with Crippen LogP contribution in [0.2, 0.25) is 0 Å². The molecule has 0 bridgehead atoms. The predicted molar refractivity (Wildman–Crippen MR) is 125 cm³/mol. The summed E-state index contributed by atoms with van der Waals surface area (Å²) in [5, 5.41) is 2.86. The highest BCUT2D eigenvalue weighted by molar-refractivity contribution is 7.97. The van der Waals surface area contributed by atoms with Gasteiger partial charge in [0.2, 0.25) is 11.8 Å². The largest absolute Gasteiger partial charge is 0.474 e. The molecular weight excluding hydrogens is 446 g/mol. The first-order chi connectivity index (χ1) is 15.8. The summed E-state index contributed by atoms with van der Waals surface area (Å²) in [6.07, 6.45) is 6.50. The summed E-state index contributed by atoms with van der Waals surface area (Å²) in [5.41, 5.74) is 11.2. The number of rotatable bonds is 5. The van der Waals surface area contributed by atoms with Crippen LogP contribution in [0.4, 0.5) is 10.5 Å². The molecule has 178 valence electrons. The van der Waals surface area contributed by atoms with Gasteiger partial charge in [0.1, 0.15) is 17.6 Å². The number of hydrogen-bond donors (Lipinski definition) is 3. The molecule has 4 rings (SSSR count). The normalized spacial score (nSPS) is 21.2. The Balaban J connectivity index is 1.69. The van der Waals surface area contributed by atoms with E-state index >= 15 is 0 Å². The smallest absolute Gasteiger partial charge is 0.355 e. The number of carbonyl (C=O) groups is 2. The molecule has 3 aliphatic rings. The number of urea groups is 1. The van der Waals surface area contributed by atoms with Crippen LogP contribution in [0, 0.1) is 0 Å². The van der Waals surface area contributed by atoms with Crippen molar-refractivity contribution in [1.82, 2.24) is 4.72 Å². The Morgan fingerprint density at radius 1 is 1.24 bits per heavy atom. The lowest BCUT2D eigenvalue weighted by Gasteiger charge is -2.23. The van der Waals surface area contributed by atoms with E-state index in [-0.39, 0.29) is 30.1 Å². The Labute approximate surface area is 193 Å². The fraction of sp³-hybridized carbons (Fsp3) is 0.500. The van der Waals surface area contributed by atoms with Gasteiger partial charge in [0.15, 0.2) is 9.92 Å². The molecule has 1 aliphatic heterocycles. The van der Waals surface area contributed by atoms with Crippen molar-refractivity contribution in [2.45, 2.75) is 51.6 Å². The molecule has 0 saturated heterocycles. The van der Waals surface area contributed by atoms with Gasteiger partial charge in [-0.15, -0.1) is 4.36 Å². The highest BCUT2D eigenvalue weighted by Crippen LogP contribution is 2.38. The van der Waals surface area contributed by atoms with Gasteiger partial charge < -0.3 is 20.5 Å². The Morgan fingerprint density at radius 2 is 1.91 bits per heavy atom. The molecular formula is C22H29N5O5S. The number of methoxy groups -OCH3 is 1. The van der Waals surface area contributed by atoms with E-state index in [1.165, 1.54) is 25.2 Å². The summed E-state index contributed by atoms with van der Waals surface area (Å²) < 4.78 is 30.6. The Morgan fingerprint density at radius 3 is 2.42 bits per heavy atom. The van der Waals surface area contributed by atoms with Crippen molar-refractivity contribution in [2.24, 2.45) is 15.1 Å². The molecule has 1 aromatic rings. The first-order valence-electron chi connectivity index (χ1n) is 11.0. The third-order valence-corrected chi connectivity index (χ3v) is 7.93. The average Bonchev–Trinajstić information content (AvgIpc) is 3.43. The van der Waals surface area contributed by atoms with Gasteiger partial charge in [-0.2, -0.15) is 0 Å². The fourth-order valence-electron chi connectivity index (χ4n) is 4.56. The van der Waals surface area contributed by atoms with E-state index in [0.29, 0.717) is 0 Å². The number of ether oxygens (including phenoxy) is 2. The summed E-state index contributed by atoms with van der Waals surface area (Å²) in [6.45, 7) is 1.60. The van der Waals surface area contributed by atoms with Crippen molar-refractivity contribution in [3.63, 3.8) is 0 Å². The maximum atomic E-state index is 13.7. The van der Waals surface area contributed by atoms with E-state index in [2.05, 4.69) is 25.5 Å². The zero-order chi connectivity index (χ0) is 23.6. The van der Waals surface area contributed by atoms with E-state index in [0.717, 1.165) is 61.5 Å². The second-order valence-electron chi connectivity index (χ2n) is 8.29. The first kappa shape index (κ1) is 23.2. The van der Waals surface area contributed by atoms with Gasteiger partial charge >= 0.3 is 6.03 Å². The van der Waals surface area contributed by atoms with Crippen molar-refractivity contribution < 1.29 is 23.3 Å². The number of nitrogens with zero attached hydrogens (tertiary/aromatic N) is 2.